The van der Waals surface area contributed by atoms with Gasteiger partial charge in [-0.1, -0.05) is 0 Å². The Bertz CT molecular complexity index is 423. The highest BCUT2D eigenvalue weighted by Crippen LogP contribution is 2.29. The lowest BCUT2D eigenvalue weighted by Crippen LogP contribution is -2.48. The van der Waals surface area contributed by atoms with Crippen LogP contribution in [0, 0.1) is 10.1 Å². The number of aliphatic hydroxyl groups excluding tert-OH is 1. The van der Waals surface area contributed by atoms with Crippen LogP contribution in [-0.2, 0) is 0 Å². The molecule has 0 spiro atoms. The topological polar surface area (TPSA) is 79.5 Å². The fourth-order valence-corrected chi connectivity index (χ4v) is 2.69. The van der Waals surface area contributed by atoms with Gasteiger partial charge in [0.2, 0.25) is 0 Å². The molecule has 2 unspecified atom stereocenters. The van der Waals surface area contributed by atoms with Crippen LogP contribution in [0.1, 0.15) is 26.7 Å². The van der Waals surface area contributed by atoms with E-state index in [9.17, 15) is 15.2 Å². The third-order valence-electron chi connectivity index (χ3n) is 3.39. The lowest BCUT2D eigenvalue weighted by Gasteiger charge is -2.42. The monoisotopic (exact) mass is 251 g/mol. The maximum absolute atomic E-state index is 10.6. The van der Waals surface area contributed by atoms with Gasteiger partial charge in [0.05, 0.1) is 11.8 Å². The highest BCUT2D eigenvalue weighted by atomic mass is 16.6. The molecule has 98 valence electrons. The van der Waals surface area contributed by atoms with Crippen molar-refractivity contribution in [1.82, 2.24) is 4.98 Å². The van der Waals surface area contributed by atoms with Gasteiger partial charge in [-0.05, 0) is 42.7 Å². The fraction of sp³-hybridized carbons (Fsp3) is 0.583. The number of piperidine rings is 1. The van der Waals surface area contributed by atoms with Crippen LogP contribution in [0.4, 0.5) is 11.5 Å². The molecule has 1 N–H and O–H groups in total. The lowest BCUT2D eigenvalue weighted by atomic mass is 9.94. The average Bonchev–Trinajstić information content (AvgIpc) is 2.28. The molecular formula is C12H17N3O3. The molecule has 0 bridgehead atoms. The molecule has 1 aliphatic heterocycles. The van der Waals surface area contributed by atoms with Crippen molar-refractivity contribution in [2.75, 3.05) is 4.90 Å². The van der Waals surface area contributed by atoms with E-state index in [4.69, 9.17) is 0 Å². The predicted molar refractivity (Wildman–Crippen MR) is 67.5 cm³/mol. The van der Waals surface area contributed by atoms with Gasteiger partial charge in [0.25, 0.3) is 0 Å². The molecule has 2 heterocycles. The molecule has 6 nitrogen and oxygen atoms in total. The van der Waals surface area contributed by atoms with E-state index < -0.39 is 4.92 Å². The first-order chi connectivity index (χ1) is 8.49. The molecule has 2 atom stereocenters. The predicted octanol–water partition coefficient (Wildman–Crippen LogP) is 1.73. The van der Waals surface area contributed by atoms with Crippen molar-refractivity contribution >= 4 is 11.5 Å². The van der Waals surface area contributed by atoms with E-state index in [1.165, 1.54) is 12.3 Å². The molecule has 1 fully saturated rings. The van der Waals surface area contributed by atoms with Crippen molar-refractivity contribution in [3.63, 3.8) is 0 Å². The van der Waals surface area contributed by atoms with Crippen molar-refractivity contribution in [2.24, 2.45) is 0 Å². The number of rotatable bonds is 2. The smallest absolute Gasteiger partial charge is 0.363 e. The Morgan fingerprint density at radius 3 is 2.44 bits per heavy atom. The molecule has 1 aromatic heterocycles. The highest BCUT2D eigenvalue weighted by Gasteiger charge is 2.30. The van der Waals surface area contributed by atoms with Crippen molar-refractivity contribution in [2.45, 2.75) is 44.9 Å². The van der Waals surface area contributed by atoms with Gasteiger partial charge >= 0.3 is 5.82 Å². The maximum atomic E-state index is 10.6. The Hall–Kier alpha value is -1.69. The van der Waals surface area contributed by atoms with Gasteiger partial charge in [-0.2, -0.15) is 0 Å². The zero-order valence-electron chi connectivity index (χ0n) is 10.5. The summed E-state index contributed by atoms with van der Waals surface area (Å²) in [6, 6.07) is 3.54. The zero-order chi connectivity index (χ0) is 13.3. The maximum Gasteiger partial charge on any atom is 0.363 e. The fourth-order valence-electron chi connectivity index (χ4n) is 2.69. The summed E-state index contributed by atoms with van der Waals surface area (Å²) < 4.78 is 0. The number of aliphatic hydroxyl groups is 1. The van der Waals surface area contributed by atoms with E-state index in [0.717, 1.165) is 5.69 Å². The molecule has 18 heavy (non-hydrogen) atoms. The molecule has 0 radical (unpaired) electrons. The summed E-state index contributed by atoms with van der Waals surface area (Å²) in [7, 11) is 0. The van der Waals surface area contributed by atoms with Gasteiger partial charge < -0.3 is 20.1 Å². The second-order valence-electron chi connectivity index (χ2n) is 4.86. The van der Waals surface area contributed by atoms with Crippen molar-refractivity contribution in [1.29, 1.82) is 0 Å². The Kier molecular flexibility index (Phi) is 3.47. The Balaban J connectivity index is 2.22. The van der Waals surface area contributed by atoms with Gasteiger partial charge in [-0.25, -0.2) is 0 Å². The normalized spacial score (nSPS) is 28.2. The van der Waals surface area contributed by atoms with Crippen molar-refractivity contribution in [3.05, 3.63) is 28.4 Å². The minimum absolute atomic E-state index is 0.142. The van der Waals surface area contributed by atoms with Crippen LogP contribution < -0.4 is 4.90 Å². The second kappa shape index (κ2) is 4.89. The van der Waals surface area contributed by atoms with Crippen LogP contribution in [0.3, 0.4) is 0 Å². The molecule has 1 aromatic rings. The number of aromatic nitrogens is 1. The molecule has 0 aliphatic carbocycles. The summed E-state index contributed by atoms with van der Waals surface area (Å²) in [5.74, 6) is -0.142. The molecule has 6 heteroatoms. The summed E-state index contributed by atoms with van der Waals surface area (Å²) in [5, 5.41) is 20.3. The number of nitrogens with zero attached hydrogens (tertiary/aromatic N) is 3. The van der Waals surface area contributed by atoms with E-state index in [1.54, 1.807) is 6.07 Å². The van der Waals surface area contributed by atoms with Crippen LogP contribution >= 0.6 is 0 Å². The summed E-state index contributed by atoms with van der Waals surface area (Å²) in [4.78, 5) is 16.0. The summed E-state index contributed by atoms with van der Waals surface area (Å²) in [6.07, 6.45) is 2.68. The molecular weight excluding hydrogens is 234 g/mol. The summed E-state index contributed by atoms with van der Waals surface area (Å²) >= 11 is 0. The molecule has 1 saturated heterocycles. The second-order valence-corrected chi connectivity index (χ2v) is 4.86. The van der Waals surface area contributed by atoms with Crippen molar-refractivity contribution in [3.8, 4) is 0 Å². The van der Waals surface area contributed by atoms with Crippen LogP contribution in [0.5, 0.6) is 0 Å². The highest BCUT2D eigenvalue weighted by molar-refractivity contribution is 5.49. The Labute approximate surface area is 105 Å². The largest absolute Gasteiger partial charge is 0.393 e. The van der Waals surface area contributed by atoms with Crippen LogP contribution in [0.2, 0.25) is 0 Å². The Morgan fingerprint density at radius 1 is 1.39 bits per heavy atom. The zero-order valence-corrected chi connectivity index (χ0v) is 10.5. The van der Waals surface area contributed by atoms with Crippen LogP contribution in [0.25, 0.3) is 0 Å². The van der Waals surface area contributed by atoms with Gasteiger partial charge in [0, 0.05) is 18.2 Å². The molecule has 1 aliphatic rings. The number of pyridine rings is 1. The number of hydrogen-bond acceptors (Lipinski definition) is 5. The number of nitro groups is 1. The third kappa shape index (κ3) is 2.43. The molecule has 0 saturated carbocycles. The van der Waals surface area contributed by atoms with E-state index in [-0.39, 0.29) is 24.0 Å². The van der Waals surface area contributed by atoms with Gasteiger partial charge in [-0.15, -0.1) is 0 Å². The quantitative estimate of drug-likeness (QED) is 0.639. The molecule has 0 amide bonds. The average molecular weight is 251 g/mol. The first-order valence-electron chi connectivity index (χ1n) is 6.06. The standard InChI is InChI=1S/C12H17N3O3/c1-8-5-11(16)6-9(2)14(8)10-3-4-12(13-7-10)15(17)18/h3-4,7-9,11,16H,5-6H2,1-2H3. The molecule has 2 rings (SSSR count). The van der Waals surface area contributed by atoms with E-state index in [2.05, 4.69) is 9.88 Å². The first-order valence-corrected chi connectivity index (χ1v) is 6.06. The molecule has 0 aromatic carbocycles. The van der Waals surface area contributed by atoms with Gasteiger partial charge in [0.15, 0.2) is 6.20 Å². The van der Waals surface area contributed by atoms with Crippen molar-refractivity contribution < 1.29 is 10.0 Å². The summed E-state index contributed by atoms with van der Waals surface area (Å²) in [6.45, 7) is 4.08. The minimum atomic E-state index is -0.503. The number of anilines is 1. The SMILES string of the molecule is CC1CC(O)CC(C)N1c1ccc([N+](=O)[O-])nc1. The van der Waals surface area contributed by atoms with E-state index >= 15 is 0 Å². The van der Waals surface area contributed by atoms with Crippen LogP contribution in [0.15, 0.2) is 18.3 Å². The van der Waals surface area contributed by atoms with Gasteiger partial charge in [-0.3, -0.25) is 0 Å². The Morgan fingerprint density at radius 2 is 2.00 bits per heavy atom. The van der Waals surface area contributed by atoms with E-state index in [0.29, 0.717) is 12.8 Å². The summed E-state index contributed by atoms with van der Waals surface area (Å²) in [5.41, 5.74) is 0.868. The van der Waals surface area contributed by atoms with E-state index in [1.807, 2.05) is 13.8 Å². The number of hydrogen-bond donors (Lipinski definition) is 1. The first kappa shape index (κ1) is 12.8. The van der Waals surface area contributed by atoms with Gasteiger partial charge in [0.1, 0.15) is 0 Å². The minimum Gasteiger partial charge on any atom is -0.393 e. The lowest BCUT2D eigenvalue weighted by molar-refractivity contribution is -0.389. The van der Waals surface area contributed by atoms with Crippen LogP contribution in [-0.4, -0.2) is 33.2 Å². The third-order valence-corrected chi connectivity index (χ3v) is 3.39.